The van der Waals surface area contributed by atoms with E-state index in [4.69, 9.17) is 4.42 Å². The fourth-order valence-corrected chi connectivity index (χ4v) is 2.16. The minimum Gasteiger partial charge on any atom is -0.416 e. The maximum absolute atomic E-state index is 11.0. The molecule has 0 aliphatic rings. The second kappa shape index (κ2) is 5.81. The van der Waals surface area contributed by atoms with Crippen molar-refractivity contribution in [3.8, 4) is 22.9 Å². The van der Waals surface area contributed by atoms with Crippen molar-refractivity contribution in [2.75, 3.05) is 5.32 Å². The van der Waals surface area contributed by atoms with E-state index < -0.39 is 0 Å². The molecule has 22 heavy (non-hydrogen) atoms. The molecule has 1 aromatic heterocycles. The summed E-state index contributed by atoms with van der Waals surface area (Å²) in [6.45, 7) is 3.47. The monoisotopic (exact) mass is 293 g/mol. The van der Waals surface area contributed by atoms with Gasteiger partial charge in [-0.05, 0) is 42.8 Å². The highest BCUT2D eigenvalue weighted by Gasteiger charge is 2.12. The van der Waals surface area contributed by atoms with Gasteiger partial charge in [-0.1, -0.05) is 18.2 Å². The number of hydrogen-bond acceptors (Lipinski definition) is 4. The number of carbonyl (C=O) groups excluding carboxylic acids is 1. The molecule has 1 N–H and O–H groups in total. The van der Waals surface area contributed by atoms with Gasteiger partial charge in [-0.25, -0.2) is 0 Å². The summed E-state index contributed by atoms with van der Waals surface area (Å²) in [6, 6.07) is 15.1. The minimum atomic E-state index is -0.104. The van der Waals surface area contributed by atoms with Gasteiger partial charge in [-0.2, -0.15) is 0 Å². The predicted molar refractivity (Wildman–Crippen MR) is 84.2 cm³/mol. The maximum atomic E-state index is 11.0. The minimum absolute atomic E-state index is 0.104. The average molecular weight is 293 g/mol. The third-order valence-corrected chi connectivity index (χ3v) is 3.25. The van der Waals surface area contributed by atoms with Crippen LogP contribution in [0.25, 0.3) is 22.9 Å². The van der Waals surface area contributed by atoms with E-state index in [0.717, 1.165) is 22.4 Å². The van der Waals surface area contributed by atoms with Crippen LogP contribution in [0.5, 0.6) is 0 Å². The van der Waals surface area contributed by atoms with Crippen molar-refractivity contribution in [2.45, 2.75) is 13.8 Å². The Labute approximate surface area is 128 Å². The number of hydrogen-bond donors (Lipinski definition) is 1. The summed E-state index contributed by atoms with van der Waals surface area (Å²) in [5.74, 6) is 0.846. The van der Waals surface area contributed by atoms with Crippen molar-refractivity contribution < 1.29 is 9.21 Å². The van der Waals surface area contributed by atoms with E-state index in [9.17, 15) is 4.79 Å². The van der Waals surface area contributed by atoms with Gasteiger partial charge in [-0.15, -0.1) is 10.2 Å². The largest absolute Gasteiger partial charge is 0.416 e. The number of aryl methyl sites for hydroxylation is 1. The van der Waals surface area contributed by atoms with E-state index in [1.54, 1.807) is 12.1 Å². The molecular formula is C17H15N3O2. The van der Waals surface area contributed by atoms with Gasteiger partial charge in [0.2, 0.25) is 17.7 Å². The Hall–Kier alpha value is -2.95. The van der Waals surface area contributed by atoms with Crippen LogP contribution in [-0.2, 0) is 4.79 Å². The highest BCUT2D eigenvalue weighted by atomic mass is 16.4. The van der Waals surface area contributed by atoms with Crippen LogP contribution in [0.2, 0.25) is 0 Å². The number of benzene rings is 2. The number of rotatable bonds is 3. The first kappa shape index (κ1) is 14.0. The number of aromatic nitrogens is 2. The molecule has 0 saturated carbocycles. The van der Waals surface area contributed by atoms with Crippen LogP contribution in [0.3, 0.4) is 0 Å². The Morgan fingerprint density at radius 3 is 2.36 bits per heavy atom. The van der Waals surface area contributed by atoms with Gasteiger partial charge in [0.1, 0.15) is 0 Å². The van der Waals surface area contributed by atoms with Gasteiger partial charge >= 0.3 is 0 Å². The Balaban J connectivity index is 1.88. The lowest BCUT2D eigenvalue weighted by molar-refractivity contribution is -0.114. The number of amides is 1. The lowest BCUT2D eigenvalue weighted by atomic mass is 10.1. The molecule has 1 heterocycles. The van der Waals surface area contributed by atoms with E-state index >= 15 is 0 Å². The summed E-state index contributed by atoms with van der Waals surface area (Å²) in [5, 5.41) is 10.9. The molecule has 5 heteroatoms. The smallest absolute Gasteiger partial charge is 0.248 e. The number of nitrogens with zero attached hydrogens (tertiary/aromatic N) is 2. The zero-order valence-corrected chi connectivity index (χ0v) is 12.3. The third-order valence-electron chi connectivity index (χ3n) is 3.25. The van der Waals surface area contributed by atoms with Crippen LogP contribution >= 0.6 is 0 Å². The summed E-state index contributed by atoms with van der Waals surface area (Å²) < 4.78 is 5.75. The van der Waals surface area contributed by atoms with E-state index in [0.29, 0.717) is 11.8 Å². The molecule has 0 fully saturated rings. The van der Waals surface area contributed by atoms with Gasteiger partial charge in [0.05, 0.1) is 0 Å². The molecule has 3 rings (SSSR count). The summed E-state index contributed by atoms with van der Waals surface area (Å²) in [5.41, 5.74) is 3.55. The van der Waals surface area contributed by atoms with Crippen molar-refractivity contribution in [1.29, 1.82) is 0 Å². The first-order valence-corrected chi connectivity index (χ1v) is 6.91. The molecule has 2 aromatic carbocycles. The molecular weight excluding hydrogens is 278 g/mol. The second-order valence-electron chi connectivity index (χ2n) is 4.99. The predicted octanol–water partition coefficient (Wildman–Crippen LogP) is 3.67. The fourth-order valence-electron chi connectivity index (χ4n) is 2.16. The number of nitrogens with one attached hydrogen (secondary N) is 1. The molecule has 1 amide bonds. The Morgan fingerprint density at radius 1 is 1.00 bits per heavy atom. The normalized spacial score (nSPS) is 10.5. The van der Waals surface area contributed by atoms with Gasteiger partial charge in [-0.3, -0.25) is 4.79 Å². The summed E-state index contributed by atoms with van der Waals surface area (Å²) >= 11 is 0. The molecule has 0 radical (unpaired) electrons. The molecule has 3 aromatic rings. The van der Waals surface area contributed by atoms with E-state index in [2.05, 4.69) is 15.5 Å². The van der Waals surface area contributed by atoms with Crippen molar-refractivity contribution in [3.05, 3.63) is 54.1 Å². The first-order valence-electron chi connectivity index (χ1n) is 6.91. The van der Waals surface area contributed by atoms with Crippen LogP contribution in [0.4, 0.5) is 5.69 Å². The molecule has 0 aliphatic carbocycles. The molecule has 0 atom stereocenters. The SMILES string of the molecule is CC(=O)Nc1ccc(-c2nnc(-c3ccccc3C)o2)cc1. The Kier molecular flexibility index (Phi) is 3.70. The zero-order valence-electron chi connectivity index (χ0n) is 12.3. The van der Waals surface area contributed by atoms with Gasteiger partial charge in [0.15, 0.2) is 0 Å². The van der Waals surface area contributed by atoms with Crippen LogP contribution in [0.1, 0.15) is 12.5 Å². The highest BCUT2D eigenvalue weighted by Crippen LogP contribution is 2.26. The standard InChI is InChI=1S/C17H15N3O2/c1-11-5-3-4-6-15(11)17-20-19-16(22-17)13-7-9-14(10-8-13)18-12(2)21/h3-10H,1-2H3,(H,18,21). The average Bonchev–Trinajstić information content (AvgIpc) is 2.97. The summed E-state index contributed by atoms with van der Waals surface area (Å²) in [6.07, 6.45) is 0. The zero-order chi connectivity index (χ0) is 15.5. The summed E-state index contributed by atoms with van der Waals surface area (Å²) in [4.78, 5) is 11.0. The van der Waals surface area contributed by atoms with Crippen molar-refractivity contribution >= 4 is 11.6 Å². The molecule has 0 unspecified atom stereocenters. The van der Waals surface area contributed by atoms with Crippen LogP contribution in [0.15, 0.2) is 52.9 Å². The Bertz CT molecular complexity index is 807. The van der Waals surface area contributed by atoms with E-state index in [1.165, 1.54) is 6.92 Å². The Morgan fingerprint density at radius 2 is 1.68 bits per heavy atom. The lowest BCUT2D eigenvalue weighted by Crippen LogP contribution is -2.05. The second-order valence-corrected chi connectivity index (χ2v) is 4.99. The van der Waals surface area contributed by atoms with Crippen LogP contribution in [-0.4, -0.2) is 16.1 Å². The van der Waals surface area contributed by atoms with E-state index in [-0.39, 0.29) is 5.91 Å². The van der Waals surface area contributed by atoms with Crippen molar-refractivity contribution in [1.82, 2.24) is 10.2 Å². The quantitative estimate of drug-likeness (QED) is 0.800. The van der Waals surface area contributed by atoms with Gasteiger partial charge in [0.25, 0.3) is 0 Å². The first-order chi connectivity index (χ1) is 10.6. The van der Waals surface area contributed by atoms with Gasteiger partial charge < -0.3 is 9.73 Å². The van der Waals surface area contributed by atoms with Crippen molar-refractivity contribution in [2.24, 2.45) is 0 Å². The highest BCUT2D eigenvalue weighted by molar-refractivity contribution is 5.88. The molecule has 5 nitrogen and oxygen atoms in total. The molecule has 110 valence electrons. The van der Waals surface area contributed by atoms with Crippen LogP contribution < -0.4 is 5.32 Å². The maximum Gasteiger partial charge on any atom is 0.248 e. The van der Waals surface area contributed by atoms with Crippen molar-refractivity contribution in [3.63, 3.8) is 0 Å². The lowest BCUT2D eigenvalue weighted by Gasteiger charge is -2.02. The summed E-state index contributed by atoms with van der Waals surface area (Å²) in [7, 11) is 0. The van der Waals surface area contributed by atoms with E-state index in [1.807, 2.05) is 43.3 Å². The fraction of sp³-hybridized carbons (Fsp3) is 0.118. The molecule has 0 aliphatic heterocycles. The van der Waals surface area contributed by atoms with Gasteiger partial charge in [0, 0.05) is 23.7 Å². The third kappa shape index (κ3) is 2.88. The molecule has 0 spiro atoms. The van der Waals surface area contributed by atoms with Crippen LogP contribution in [0, 0.1) is 6.92 Å². The number of carbonyl (C=O) groups is 1. The number of anilines is 1. The molecule has 0 saturated heterocycles. The molecule has 0 bridgehead atoms. The topological polar surface area (TPSA) is 68.0 Å².